The third kappa shape index (κ3) is 4.28. The van der Waals surface area contributed by atoms with Gasteiger partial charge in [0.05, 0.1) is 12.8 Å². The fourth-order valence-electron chi connectivity index (χ4n) is 2.50. The summed E-state index contributed by atoms with van der Waals surface area (Å²) in [7, 11) is 1.60. The number of hydrogen-bond acceptors (Lipinski definition) is 2. The van der Waals surface area contributed by atoms with E-state index in [0.29, 0.717) is 11.4 Å². The molecule has 4 heteroatoms. The van der Waals surface area contributed by atoms with Gasteiger partial charge in [0.15, 0.2) is 0 Å². The van der Waals surface area contributed by atoms with Crippen LogP contribution in [0.1, 0.15) is 37.5 Å². The summed E-state index contributed by atoms with van der Waals surface area (Å²) in [5, 5.41) is 5.78. The van der Waals surface area contributed by atoms with Gasteiger partial charge in [-0.1, -0.05) is 44.5 Å². The molecule has 0 fully saturated rings. The molecule has 2 N–H and O–H groups in total. The van der Waals surface area contributed by atoms with Gasteiger partial charge >= 0.3 is 6.03 Å². The van der Waals surface area contributed by atoms with Crippen molar-refractivity contribution in [2.45, 2.75) is 40.0 Å². The lowest BCUT2D eigenvalue weighted by Gasteiger charge is -2.21. The largest absolute Gasteiger partial charge is 0.495 e. The molecular weight excluding hydrogens is 300 g/mol. The van der Waals surface area contributed by atoms with Gasteiger partial charge in [-0.3, -0.25) is 0 Å². The first kappa shape index (κ1) is 17.9. The summed E-state index contributed by atoms with van der Waals surface area (Å²) < 4.78 is 5.36. The summed E-state index contributed by atoms with van der Waals surface area (Å²) in [5.41, 5.74) is 4.77. The number of rotatable bonds is 3. The number of carbonyl (C=O) groups excluding carboxylic acids is 1. The molecule has 24 heavy (non-hydrogen) atoms. The molecule has 0 aliphatic carbocycles. The van der Waals surface area contributed by atoms with Crippen molar-refractivity contribution in [2.75, 3.05) is 17.7 Å². The maximum Gasteiger partial charge on any atom is 0.323 e. The smallest absolute Gasteiger partial charge is 0.323 e. The van der Waals surface area contributed by atoms with Gasteiger partial charge in [-0.15, -0.1) is 0 Å². The summed E-state index contributed by atoms with van der Waals surface area (Å²) in [5.74, 6) is 0.638. The average molecular weight is 326 g/mol. The molecule has 0 saturated carbocycles. The van der Waals surface area contributed by atoms with Gasteiger partial charge in [0.1, 0.15) is 5.75 Å². The van der Waals surface area contributed by atoms with Crippen LogP contribution in [0.15, 0.2) is 36.4 Å². The van der Waals surface area contributed by atoms with Gasteiger partial charge in [-0.2, -0.15) is 0 Å². The van der Waals surface area contributed by atoms with Crippen molar-refractivity contribution >= 4 is 17.4 Å². The van der Waals surface area contributed by atoms with Gasteiger partial charge in [-0.05, 0) is 48.6 Å². The molecule has 4 nitrogen and oxygen atoms in total. The van der Waals surface area contributed by atoms with Crippen molar-refractivity contribution in [2.24, 2.45) is 0 Å². The molecule has 0 bridgehead atoms. The molecule has 0 spiro atoms. The van der Waals surface area contributed by atoms with Crippen molar-refractivity contribution in [1.29, 1.82) is 0 Å². The van der Waals surface area contributed by atoms with Crippen LogP contribution in [0.3, 0.4) is 0 Å². The molecule has 2 aromatic rings. The molecule has 0 aliphatic rings. The molecule has 2 aromatic carbocycles. The van der Waals surface area contributed by atoms with Crippen molar-refractivity contribution in [1.82, 2.24) is 0 Å². The average Bonchev–Trinajstić information content (AvgIpc) is 2.49. The number of methoxy groups -OCH3 is 1. The fraction of sp³-hybridized carbons (Fsp3) is 0.350. The predicted molar refractivity (Wildman–Crippen MR) is 100 cm³/mol. The molecule has 2 rings (SSSR count). The summed E-state index contributed by atoms with van der Waals surface area (Å²) in [4.78, 5) is 12.4. The number of aryl methyl sites for hydroxylation is 2. The van der Waals surface area contributed by atoms with E-state index in [2.05, 4.69) is 31.4 Å². The molecule has 128 valence electrons. The van der Waals surface area contributed by atoms with Crippen LogP contribution in [-0.2, 0) is 5.41 Å². The lowest BCUT2D eigenvalue weighted by molar-refractivity contribution is 0.262. The summed E-state index contributed by atoms with van der Waals surface area (Å²) in [6.45, 7) is 10.4. The Bertz CT molecular complexity index is 746. The zero-order valence-corrected chi connectivity index (χ0v) is 15.3. The molecule has 0 radical (unpaired) electrons. The summed E-state index contributed by atoms with van der Waals surface area (Å²) in [6, 6.07) is 11.5. The van der Waals surface area contributed by atoms with E-state index in [-0.39, 0.29) is 11.4 Å². The highest BCUT2D eigenvalue weighted by Crippen LogP contribution is 2.31. The normalized spacial score (nSPS) is 11.1. The number of nitrogens with one attached hydrogen (secondary N) is 2. The second kappa shape index (κ2) is 6.95. The number of amides is 2. The standard InChI is InChI=1S/C20H26N2O2/c1-13-7-9-16(14(2)11-13)21-19(23)22-17-12-15(20(3,4)5)8-10-18(17)24-6/h7-12H,1-6H3,(H2,21,22,23). The number of benzene rings is 2. The SMILES string of the molecule is COc1ccc(C(C)(C)C)cc1NC(=O)Nc1ccc(C)cc1C. The Balaban J connectivity index is 2.21. The summed E-state index contributed by atoms with van der Waals surface area (Å²) >= 11 is 0. The van der Waals surface area contributed by atoms with Gasteiger partial charge < -0.3 is 15.4 Å². The van der Waals surface area contributed by atoms with Crippen molar-refractivity contribution < 1.29 is 9.53 Å². The fourth-order valence-corrected chi connectivity index (χ4v) is 2.50. The first-order chi connectivity index (χ1) is 11.2. The molecule has 0 aromatic heterocycles. The monoisotopic (exact) mass is 326 g/mol. The minimum Gasteiger partial charge on any atom is -0.495 e. The summed E-state index contributed by atoms with van der Waals surface area (Å²) in [6.07, 6.45) is 0. The minimum atomic E-state index is -0.286. The van der Waals surface area contributed by atoms with Gasteiger partial charge in [0, 0.05) is 5.69 Å². The molecular formula is C20H26N2O2. The number of ether oxygens (including phenoxy) is 1. The lowest BCUT2D eigenvalue weighted by Crippen LogP contribution is -2.21. The third-order valence-electron chi connectivity index (χ3n) is 3.94. The Labute approximate surface area is 144 Å². The Kier molecular flexibility index (Phi) is 5.17. The quantitative estimate of drug-likeness (QED) is 0.809. The molecule has 0 saturated heterocycles. The Morgan fingerprint density at radius 2 is 1.62 bits per heavy atom. The maximum atomic E-state index is 12.4. The van der Waals surface area contributed by atoms with Crippen LogP contribution in [0.25, 0.3) is 0 Å². The minimum absolute atomic E-state index is 0.00722. The van der Waals surface area contributed by atoms with E-state index in [0.717, 1.165) is 22.4 Å². The lowest BCUT2D eigenvalue weighted by atomic mass is 9.87. The van der Waals surface area contributed by atoms with Crippen LogP contribution in [0, 0.1) is 13.8 Å². The highest BCUT2D eigenvalue weighted by molar-refractivity contribution is 6.01. The van der Waals surface area contributed by atoms with E-state index in [9.17, 15) is 4.79 Å². The molecule has 0 heterocycles. The first-order valence-electron chi connectivity index (χ1n) is 8.04. The van der Waals surface area contributed by atoms with E-state index in [1.165, 1.54) is 0 Å². The Morgan fingerprint density at radius 3 is 2.21 bits per heavy atom. The maximum absolute atomic E-state index is 12.4. The van der Waals surface area contributed by atoms with Gasteiger partial charge in [0.25, 0.3) is 0 Å². The van der Waals surface area contributed by atoms with Gasteiger partial charge in [0.2, 0.25) is 0 Å². The topological polar surface area (TPSA) is 50.4 Å². The Morgan fingerprint density at radius 1 is 0.958 bits per heavy atom. The molecule has 2 amide bonds. The number of carbonyl (C=O) groups is 1. The van der Waals surface area contributed by atoms with Crippen molar-refractivity contribution in [3.8, 4) is 5.75 Å². The molecule has 0 atom stereocenters. The van der Waals surface area contributed by atoms with E-state index < -0.39 is 0 Å². The zero-order valence-electron chi connectivity index (χ0n) is 15.3. The van der Waals surface area contributed by atoms with Crippen molar-refractivity contribution in [3.05, 3.63) is 53.1 Å². The van der Waals surface area contributed by atoms with E-state index in [4.69, 9.17) is 4.74 Å². The number of urea groups is 1. The van der Waals surface area contributed by atoms with Crippen LogP contribution in [0.2, 0.25) is 0 Å². The second-order valence-corrected chi connectivity index (χ2v) is 7.06. The Hall–Kier alpha value is -2.49. The second-order valence-electron chi connectivity index (χ2n) is 7.06. The third-order valence-corrected chi connectivity index (χ3v) is 3.94. The van der Waals surface area contributed by atoms with Crippen LogP contribution in [0.4, 0.5) is 16.2 Å². The van der Waals surface area contributed by atoms with Crippen LogP contribution < -0.4 is 15.4 Å². The van der Waals surface area contributed by atoms with E-state index in [1.54, 1.807) is 7.11 Å². The highest BCUT2D eigenvalue weighted by atomic mass is 16.5. The highest BCUT2D eigenvalue weighted by Gasteiger charge is 2.17. The molecule has 0 unspecified atom stereocenters. The zero-order chi connectivity index (χ0) is 17.9. The predicted octanol–water partition coefficient (Wildman–Crippen LogP) is 5.25. The van der Waals surface area contributed by atoms with Gasteiger partial charge in [-0.25, -0.2) is 4.79 Å². The van der Waals surface area contributed by atoms with Crippen LogP contribution >= 0.6 is 0 Å². The number of hydrogen-bond donors (Lipinski definition) is 2. The van der Waals surface area contributed by atoms with Crippen LogP contribution in [-0.4, -0.2) is 13.1 Å². The first-order valence-corrected chi connectivity index (χ1v) is 8.04. The van der Waals surface area contributed by atoms with E-state index in [1.807, 2.05) is 50.2 Å². The molecule has 0 aliphatic heterocycles. The van der Waals surface area contributed by atoms with Crippen molar-refractivity contribution in [3.63, 3.8) is 0 Å². The number of anilines is 2. The van der Waals surface area contributed by atoms with Crippen LogP contribution in [0.5, 0.6) is 5.75 Å². The van der Waals surface area contributed by atoms with E-state index >= 15 is 0 Å².